The van der Waals surface area contributed by atoms with Crippen LogP contribution in [-0.4, -0.2) is 51.1 Å². The van der Waals surface area contributed by atoms with E-state index in [9.17, 15) is 18.8 Å². The normalized spacial score (nSPS) is 18.1. The van der Waals surface area contributed by atoms with Gasteiger partial charge in [0, 0.05) is 25.4 Å². The first-order valence-corrected chi connectivity index (χ1v) is 9.01. The number of aliphatic carboxylic acids is 1. The van der Waals surface area contributed by atoms with Crippen LogP contribution in [0, 0.1) is 11.7 Å². The first kappa shape index (κ1) is 19.0. The first-order valence-electron chi connectivity index (χ1n) is 9.01. The first-order chi connectivity index (χ1) is 12.8. The summed E-state index contributed by atoms with van der Waals surface area (Å²) in [5.41, 5.74) is 0.974. The smallest absolute Gasteiger partial charge is 0.308 e. The number of carboxylic acid groups (broad SMARTS) is 1. The van der Waals surface area contributed by atoms with Crippen LogP contribution in [0.5, 0.6) is 0 Å². The maximum Gasteiger partial charge on any atom is 0.308 e. The summed E-state index contributed by atoms with van der Waals surface area (Å²) in [4.78, 5) is 37.8. The molecule has 0 radical (unpaired) electrons. The molecule has 3 rings (SSSR count). The van der Waals surface area contributed by atoms with Crippen LogP contribution in [0.3, 0.4) is 0 Å². The van der Waals surface area contributed by atoms with Crippen molar-refractivity contribution < 1.29 is 23.9 Å². The van der Waals surface area contributed by atoms with Crippen LogP contribution >= 0.6 is 0 Å². The Morgan fingerprint density at radius 2 is 1.96 bits per heavy atom. The minimum atomic E-state index is -0.952. The van der Waals surface area contributed by atoms with Crippen LogP contribution in [0.1, 0.15) is 38.2 Å². The fourth-order valence-corrected chi connectivity index (χ4v) is 2.96. The number of hydrogen-bond donors (Lipinski definition) is 1. The largest absolute Gasteiger partial charge is 0.481 e. The summed E-state index contributed by atoms with van der Waals surface area (Å²) in [7, 11) is 0. The molecule has 2 aliphatic rings. The highest BCUT2D eigenvalue weighted by Crippen LogP contribution is 2.29. The van der Waals surface area contributed by atoms with Crippen molar-refractivity contribution in [3.05, 3.63) is 35.6 Å². The molecular weight excluding hydrogens is 353 g/mol. The third-order valence-electron chi connectivity index (χ3n) is 4.74. The van der Waals surface area contributed by atoms with Gasteiger partial charge in [-0.25, -0.2) is 9.40 Å². The fourth-order valence-electron chi connectivity index (χ4n) is 2.96. The molecule has 1 unspecified atom stereocenters. The second-order valence-electron chi connectivity index (χ2n) is 7.05. The topological polar surface area (TPSA) is 90.3 Å². The number of amides is 2. The number of nitrogens with zero attached hydrogens (tertiary/aromatic N) is 3. The van der Waals surface area contributed by atoms with E-state index in [0.29, 0.717) is 5.56 Å². The van der Waals surface area contributed by atoms with Crippen molar-refractivity contribution in [3.8, 4) is 0 Å². The van der Waals surface area contributed by atoms with Gasteiger partial charge in [-0.15, -0.1) is 0 Å². The van der Waals surface area contributed by atoms with E-state index in [2.05, 4.69) is 5.10 Å². The Hall–Kier alpha value is -2.77. The summed E-state index contributed by atoms with van der Waals surface area (Å²) >= 11 is 0. The summed E-state index contributed by atoms with van der Waals surface area (Å²) in [5, 5.41) is 14.6. The maximum absolute atomic E-state index is 13.0. The molecule has 1 heterocycles. The van der Waals surface area contributed by atoms with Crippen molar-refractivity contribution in [2.45, 2.75) is 45.2 Å². The van der Waals surface area contributed by atoms with Crippen LogP contribution in [0.25, 0.3) is 0 Å². The van der Waals surface area contributed by atoms with E-state index in [1.54, 1.807) is 24.0 Å². The SMILES string of the molecule is CC(CN(C(=O)C1=NN(Cc2ccc(F)cc2)C(=O)CC1)C1CC1)C(=O)O. The van der Waals surface area contributed by atoms with Gasteiger partial charge in [0.15, 0.2) is 0 Å². The zero-order valence-electron chi connectivity index (χ0n) is 15.1. The lowest BCUT2D eigenvalue weighted by molar-refractivity contribution is -0.142. The second-order valence-corrected chi connectivity index (χ2v) is 7.05. The molecule has 8 heteroatoms. The number of hydrogen-bond acceptors (Lipinski definition) is 4. The third-order valence-corrected chi connectivity index (χ3v) is 4.74. The van der Waals surface area contributed by atoms with Crippen LogP contribution < -0.4 is 0 Å². The molecule has 1 saturated carbocycles. The van der Waals surface area contributed by atoms with Gasteiger partial charge >= 0.3 is 5.97 Å². The molecule has 144 valence electrons. The van der Waals surface area contributed by atoms with Gasteiger partial charge in [0.1, 0.15) is 11.5 Å². The van der Waals surface area contributed by atoms with Gasteiger partial charge in [-0.3, -0.25) is 14.4 Å². The minimum Gasteiger partial charge on any atom is -0.481 e. The molecule has 0 bridgehead atoms. The Bertz CT molecular complexity index is 774. The lowest BCUT2D eigenvalue weighted by Crippen LogP contribution is -2.45. The molecule has 1 atom stereocenters. The Labute approximate surface area is 156 Å². The van der Waals surface area contributed by atoms with Gasteiger partial charge in [0.05, 0.1) is 12.5 Å². The number of halogens is 1. The fraction of sp³-hybridized carbons (Fsp3) is 0.474. The van der Waals surface area contributed by atoms with E-state index in [1.165, 1.54) is 17.1 Å². The molecule has 2 amide bonds. The molecule has 0 saturated heterocycles. The molecule has 0 aromatic heterocycles. The van der Waals surface area contributed by atoms with Crippen LogP contribution in [0.15, 0.2) is 29.4 Å². The monoisotopic (exact) mass is 375 g/mol. The number of rotatable bonds is 7. The predicted octanol–water partition coefficient (Wildman–Crippen LogP) is 2.02. The van der Waals surface area contributed by atoms with Gasteiger partial charge in [-0.05, 0) is 30.5 Å². The highest BCUT2D eigenvalue weighted by Gasteiger charge is 2.37. The lowest BCUT2D eigenvalue weighted by atomic mass is 10.1. The summed E-state index contributed by atoms with van der Waals surface area (Å²) in [5.74, 6) is -2.49. The Kier molecular flexibility index (Phi) is 5.53. The molecule has 1 aliphatic heterocycles. The van der Waals surface area contributed by atoms with Gasteiger partial charge in [0.25, 0.3) is 5.91 Å². The van der Waals surface area contributed by atoms with E-state index >= 15 is 0 Å². The van der Waals surface area contributed by atoms with Crippen molar-refractivity contribution >= 4 is 23.5 Å². The Balaban J connectivity index is 1.75. The lowest BCUT2D eigenvalue weighted by Gasteiger charge is -2.28. The van der Waals surface area contributed by atoms with Gasteiger partial charge in [-0.2, -0.15) is 5.10 Å². The zero-order valence-corrected chi connectivity index (χ0v) is 15.1. The molecule has 7 nitrogen and oxygen atoms in total. The molecule has 1 N–H and O–H groups in total. The standard InChI is InChI=1S/C19H22FN3O4/c1-12(19(26)27)10-22(15-6-7-15)18(25)16-8-9-17(24)23(21-16)11-13-2-4-14(20)5-3-13/h2-5,12,15H,6-11H2,1H3,(H,26,27). The van der Waals surface area contributed by atoms with Crippen LogP contribution in [-0.2, 0) is 20.9 Å². The average Bonchev–Trinajstić information content (AvgIpc) is 3.47. The molecule has 1 aliphatic carbocycles. The van der Waals surface area contributed by atoms with Crippen LogP contribution in [0.2, 0.25) is 0 Å². The zero-order chi connectivity index (χ0) is 19.6. The van der Waals surface area contributed by atoms with E-state index in [-0.39, 0.29) is 55.3 Å². The van der Waals surface area contributed by atoms with Crippen molar-refractivity contribution in [2.75, 3.05) is 6.54 Å². The molecule has 27 heavy (non-hydrogen) atoms. The number of carboxylic acids is 1. The minimum absolute atomic E-state index is 0.0465. The van der Waals surface area contributed by atoms with Crippen molar-refractivity contribution in [3.63, 3.8) is 0 Å². The number of hydrazone groups is 1. The van der Waals surface area contributed by atoms with Gasteiger partial charge < -0.3 is 10.0 Å². The highest BCUT2D eigenvalue weighted by molar-refractivity contribution is 6.39. The summed E-state index contributed by atoms with van der Waals surface area (Å²) in [6, 6.07) is 5.80. The molecule has 0 spiro atoms. The Morgan fingerprint density at radius 3 is 2.56 bits per heavy atom. The summed E-state index contributed by atoms with van der Waals surface area (Å²) < 4.78 is 13.0. The van der Waals surface area contributed by atoms with Crippen molar-refractivity contribution in [2.24, 2.45) is 11.0 Å². The number of benzene rings is 1. The second kappa shape index (κ2) is 7.85. The van der Waals surface area contributed by atoms with E-state index in [1.807, 2.05) is 0 Å². The summed E-state index contributed by atoms with van der Waals surface area (Å²) in [6.07, 6.45) is 2.11. The molecular formula is C19H22FN3O4. The molecule has 1 fully saturated rings. The maximum atomic E-state index is 13.0. The van der Waals surface area contributed by atoms with Gasteiger partial charge in [-0.1, -0.05) is 19.1 Å². The van der Waals surface area contributed by atoms with Crippen LogP contribution in [0.4, 0.5) is 4.39 Å². The van der Waals surface area contributed by atoms with E-state index in [4.69, 9.17) is 5.11 Å². The van der Waals surface area contributed by atoms with E-state index < -0.39 is 11.9 Å². The average molecular weight is 375 g/mol. The summed E-state index contributed by atoms with van der Waals surface area (Å²) in [6.45, 7) is 1.85. The van der Waals surface area contributed by atoms with Crippen molar-refractivity contribution in [1.29, 1.82) is 0 Å². The molecule has 1 aromatic rings. The predicted molar refractivity (Wildman–Crippen MR) is 95.2 cm³/mol. The molecule has 1 aromatic carbocycles. The Morgan fingerprint density at radius 1 is 1.30 bits per heavy atom. The quantitative estimate of drug-likeness (QED) is 0.789. The number of carbonyl (C=O) groups excluding carboxylic acids is 2. The third kappa shape index (κ3) is 4.69. The van der Waals surface area contributed by atoms with Crippen molar-refractivity contribution in [1.82, 2.24) is 9.91 Å². The number of carbonyl (C=O) groups is 3. The van der Waals surface area contributed by atoms with Gasteiger partial charge in [0.2, 0.25) is 5.91 Å². The van der Waals surface area contributed by atoms with E-state index in [0.717, 1.165) is 12.8 Å². The highest BCUT2D eigenvalue weighted by atomic mass is 19.1.